The summed E-state index contributed by atoms with van der Waals surface area (Å²) in [5.41, 5.74) is 0. The van der Waals surface area contributed by atoms with Crippen LogP contribution >= 0.6 is 27.3 Å². The summed E-state index contributed by atoms with van der Waals surface area (Å²) >= 11 is 3.69. The quantitative estimate of drug-likeness (QED) is 0.847. The molecule has 1 aromatic heterocycles. The molecule has 1 aromatic rings. The minimum atomic E-state index is -4.82. The first-order chi connectivity index (χ1) is 8.52. The number of nitrogens with zero attached hydrogens (tertiary/aromatic N) is 1. The van der Waals surface area contributed by atoms with Crippen LogP contribution in [0.5, 0.6) is 0 Å². The maximum absolute atomic E-state index is 12.3. The van der Waals surface area contributed by atoms with Gasteiger partial charge in [0.05, 0.1) is 3.79 Å². The zero-order valence-corrected chi connectivity index (χ0v) is 12.2. The Bertz CT molecular complexity index is 569. The molecule has 0 radical (unpaired) electrons. The van der Waals surface area contributed by atoms with Gasteiger partial charge >= 0.3 is 12.1 Å². The topological polar surface area (TPSA) is 74.7 Å². The van der Waals surface area contributed by atoms with E-state index in [1.807, 2.05) is 0 Å². The maximum atomic E-state index is 12.3. The third-order valence-electron chi connectivity index (χ3n) is 1.81. The fraction of sp³-hybridized carbons (Fsp3) is 0.375. The molecule has 0 fully saturated rings. The Labute approximate surface area is 118 Å². The molecular formula is C8H7BrF3NO4S2. The van der Waals surface area contributed by atoms with Gasteiger partial charge in [0.25, 0.3) is 10.0 Å². The third kappa shape index (κ3) is 4.75. The Hall–Kier alpha value is -0.650. The van der Waals surface area contributed by atoms with Gasteiger partial charge in [0.2, 0.25) is 0 Å². The molecule has 19 heavy (non-hydrogen) atoms. The van der Waals surface area contributed by atoms with E-state index in [9.17, 15) is 26.4 Å². The average Bonchev–Trinajstić information content (AvgIpc) is 2.61. The van der Waals surface area contributed by atoms with Crippen molar-refractivity contribution in [1.82, 2.24) is 4.31 Å². The highest BCUT2D eigenvalue weighted by molar-refractivity contribution is 9.11. The molecular weight excluding hydrogens is 375 g/mol. The van der Waals surface area contributed by atoms with E-state index in [0.717, 1.165) is 6.07 Å². The predicted octanol–water partition coefficient (Wildman–Crippen LogP) is 2.15. The van der Waals surface area contributed by atoms with Crippen LogP contribution in [-0.2, 0) is 14.8 Å². The van der Waals surface area contributed by atoms with Crippen molar-refractivity contribution in [2.24, 2.45) is 0 Å². The standard InChI is InChI=1S/C8H7BrF3NO4S2/c9-5-1-2-7(18-5)19(16,17)13(3-6(14)15)4-8(10,11)12/h1-2H,3-4H2,(H,14,15). The first kappa shape index (κ1) is 16.4. The molecule has 0 saturated heterocycles. The highest BCUT2D eigenvalue weighted by atomic mass is 79.9. The normalized spacial score (nSPS) is 12.9. The van der Waals surface area contributed by atoms with Gasteiger partial charge in [-0.2, -0.15) is 17.5 Å². The molecule has 0 atom stereocenters. The van der Waals surface area contributed by atoms with Crippen LogP contribution < -0.4 is 0 Å². The summed E-state index contributed by atoms with van der Waals surface area (Å²) in [6.45, 7) is -3.10. The average molecular weight is 382 g/mol. The van der Waals surface area contributed by atoms with E-state index in [1.54, 1.807) is 0 Å². The van der Waals surface area contributed by atoms with E-state index < -0.39 is 35.3 Å². The Kier molecular flexibility index (Phi) is 4.98. The molecule has 1 rings (SSSR count). The molecule has 0 spiro atoms. The number of sulfonamides is 1. The summed E-state index contributed by atoms with van der Waals surface area (Å²) in [4.78, 5) is 10.5. The van der Waals surface area contributed by atoms with Crippen molar-refractivity contribution in [3.05, 3.63) is 15.9 Å². The monoisotopic (exact) mass is 381 g/mol. The van der Waals surface area contributed by atoms with E-state index in [2.05, 4.69) is 15.9 Å². The van der Waals surface area contributed by atoms with E-state index in [0.29, 0.717) is 15.1 Å². The first-order valence-electron chi connectivity index (χ1n) is 4.56. The lowest BCUT2D eigenvalue weighted by atomic mass is 10.5. The highest BCUT2D eigenvalue weighted by Crippen LogP contribution is 2.30. The van der Waals surface area contributed by atoms with Gasteiger partial charge in [0, 0.05) is 0 Å². The molecule has 0 aliphatic heterocycles. The van der Waals surface area contributed by atoms with E-state index >= 15 is 0 Å². The van der Waals surface area contributed by atoms with Gasteiger partial charge in [-0.05, 0) is 28.1 Å². The maximum Gasteiger partial charge on any atom is 0.402 e. The lowest BCUT2D eigenvalue weighted by molar-refractivity contribution is -0.145. The highest BCUT2D eigenvalue weighted by Gasteiger charge is 2.38. The lowest BCUT2D eigenvalue weighted by Crippen LogP contribution is -2.41. The number of hydrogen-bond donors (Lipinski definition) is 1. The van der Waals surface area contributed by atoms with Gasteiger partial charge in [0.1, 0.15) is 17.3 Å². The van der Waals surface area contributed by atoms with Crippen LogP contribution in [0.3, 0.4) is 0 Å². The van der Waals surface area contributed by atoms with Gasteiger partial charge in [-0.15, -0.1) is 11.3 Å². The minimum absolute atomic E-state index is 0.117. The molecule has 108 valence electrons. The van der Waals surface area contributed by atoms with Crippen LogP contribution in [0.15, 0.2) is 20.1 Å². The molecule has 0 bridgehead atoms. The summed E-state index contributed by atoms with van der Waals surface area (Å²) in [6, 6.07) is 2.46. The molecule has 0 aliphatic rings. The van der Waals surface area contributed by atoms with Gasteiger partial charge in [-0.1, -0.05) is 0 Å². The molecule has 0 aliphatic carbocycles. The van der Waals surface area contributed by atoms with Gasteiger partial charge in [-0.25, -0.2) is 8.42 Å². The minimum Gasteiger partial charge on any atom is -0.480 e. The molecule has 0 saturated carbocycles. The van der Waals surface area contributed by atoms with Crippen LogP contribution in [0.2, 0.25) is 0 Å². The van der Waals surface area contributed by atoms with Crippen LogP contribution in [-0.4, -0.2) is 43.1 Å². The van der Waals surface area contributed by atoms with Crippen molar-refractivity contribution in [2.45, 2.75) is 10.4 Å². The van der Waals surface area contributed by atoms with E-state index in [-0.39, 0.29) is 8.51 Å². The fourth-order valence-electron chi connectivity index (χ4n) is 1.14. The zero-order valence-electron chi connectivity index (χ0n) is 9.02. The SMILES string of the molecule is O=C(O)CN(CC(F)(F)F)S(=O)(=O)c1ccc(Br)s1. The number of carbonyl (C=O) groups is 1. The van der Waals surface area contributed by atoms with Gasteiger partial charge in [-0.3, -0.25) is 4.79 Å². The third-order valence-corrected chi connectivity index (χ3v) is 5.69. The molecule has 0 unspecified atom stereocenters. The predicted molar refractivity (Wildman–Crippen MR) is 64.5 cm³/mol. The smallest absolute Gasteiger partial charge is 0.402 e. The second-order valence-electron chi connectivity index (χ2n) is 3.34. The number of aliphatic carboxylic acids is 1. The second kappa shape index (κ2) is 5.77. The van der Waals surface area contributed by atoms with Crippen molar-refractivity contribution in [2.75, 3.05) is 13.1 Å². The van der Waals surface area contributed by atoms with Crippen LogP contribution in [0.1, 0.15) is 0 Å². The van der Waals surface area contributed by atoms with Gasteiger partial charge in [0.15, 0.2) is 0 Å². The lowest BCUT2D eigenvalue weighted by Gasteiger charge is -2.20. The first-order valence-corrected chi connectivity index (χ1v) is 7.61. The van der Waals surface area contributed by atoms with Crippen molar-refractivity contribution in [3.8, 4) is 0 Å². The molecule has 5 nitrogen and oxygen atoms in total. The van der Waals surface area contributed by atoms with Crippen LogP contribution in [0.25, 0.3) is 0 Å². The number of thiophene rings is 1. The fourth-order valence-corrected chi connectivity index (χ4v) is 4.68. The molecule has 0 aromatic carbocycles. The van der Waals surface area contributed by atoms with Crippen LogP contribution in [0, 0.1) is 0 Å². The van der Waals surface area contributed by atoms with Crippen LogP contribution in [0.4, 0.5) is 13.2 Å². The summed E-state index contributed by atoms with van der Waals surface area (Å²) in [6.07, 6.45) is -4.82. The number of halogens is 4. The Morgan fingerprint density at radius 3 is 2.37 bits per heavy atom. The van der Waals surface area contributed by atoms with Gasteiger partial charge < -0.3 is 5.11 Å². The molecule has 0 amide bonds. The second-order valence-corrected chi connectivity index (χ2v) is 7.97. The number of rotatable bonds is 5. The summed E-state index contributed by atoms with van der Waals surface area (Å²) in [5, 5.41) is 8.52. The number of alkyl halides is 3. The van der Waals surface area contributed by atoms with Crippen molar-refractivity contribution < 1.29 is 31.5 Å². The van der Waals surface area contributed by atoms with Crippen molar-refractivity contribution in [3.63, 3.8) is 0 Å². The largest absolute Gasteiger partial charge is 0.480 e. The molecule has 11 heteroatoms. The molecule has 1 N–H and O–H groups in total. The Morgan fingerprint density at radius 1 is 1.42 bits per heavy atom. The summed E-state index contributed by atoms with van der Waals surface area (Å²) in [7, 11) is -4.49. The summed E-state index contributed by atoms with van der Waals surface area (Å²) < 4.78 is 60.7. The van der Waals surface area contributed by atoms with Crippen molar-refractivity contribution in [1.29, 1.82) is 0 Å². The number of hydrogen-bond acceptors (Lipinski definition) is 4. The summed E-state index contributed by atoms with van der Waals surface area (Å²) in [5.74, 6) is -1.66. The zero-order chi connectivity index (χ0) is 14.8. The Morgan fingerprint density at radius 2 is 2.00 bits per heavy atom. The van der Waals surface area contributed by atoms with E-state index in [1.165, 1.54) is 6.07 Å². The van der Waals surface area contributed by atoms with E-state index in [4.69, 9.17) is 5.11 Å². The molecule has 1 heterocycles. The Balaban J connectivity index is 3.12. The number of carboxylic acid groups (broad SMARTS) is 1. The van der Waals surface area contributed by atoms with Crippen molar-refractivity contribution >= 4 is 43.3 Å². The number of carboxylic acids is 1.